The van der Waals surface area contributed by atoms with Crippen LogP contribution in [0.15, 0.2) is 0 Å². The molecule has 1 aliphatic heterocycles. The third kappa shape index (κ3) is 18.1. The van der Waals surface area contributed by atoms with Crippen LogP contribution in [0.3, 0.4) is 0 Å². The maximum atomic E-state index is 6.89. The Morgan fingerprint density at radius 3 is 1.29 bits per heavy atom. The molecule has 0 aromatic heterocycles. The van der Waals surface area contributed by atoms with Gasteiger partial charge >= 0.3 is 0 Å². The molecule has 0 aliphatic carbocycles. The Morgan fingerprint density at radius 1 is 0.600 bits per heavy atom. The first-order chi connectivity index (χ1) is 16.0. The topological polar surface area (TPSA) is 49.5 Å². The normalized spacial score (nSPS) is 17.7. The second-order valence-electron chi connectivity index (χ2n) is 13.7. The first kappa shape index (κ1) is 34.1. The molecular weight excluding hydrogens is 537 g/mol. The minimum atomic E-state index is -1.63. The Morgan fingerprint density at radius 2 is 0.943 bits per heavy atom. The van der Waals surface area contributed by atoms with E-state index in [1.54, 1.807) is 0 Å². The summed E-state index contributed by atoms with van der Waals surface area (Å²) in [4.78, 5) is 0. The molecule has 35 heavy (non-hydrogen) atoms. The lowest BCUT2D eigenvalue weighted by Gasteiger charge is -2.36. The standard InChI is InChI=1S/C24H57O5Si6/c1-31(2,27-30)17-11-12-18-32(3,4)28-33(5,6)19-13-14-20-34(7,8)29-35(9,10)21-15-16-25-22-24-23-26-24/h24H,11-23H2,1-10H3. The summed E-state index contributed by atoms with van der Waals surface area (Å²) in [5.41, 5.74) is 0. The van der Waals surface area contributed by atoms with Gasteiger partial charge in [-0.1, -0.05) is 25.7 Å². The Balaban J connectivity index is 2.26. The average molecular weight is 594 g/mol. The van der Waals surface area contributed by atoms with Crippen molar-refractivity contribution in [3.05, 3.63) is 0 Å². The molecular formula is C24H57O5Si6. The molecule has 11 heteroatoms. The summed E-state index contributed by atoms with van der Waals surface area (Å²) in [6, 6.07) is 6.20. The van der Waals surface area contributed by atoms with Crippen LogP contribution in [0.4, 0.5) is 0 Å². The van der Waals surface area contributed by atoms with Crippen molar-refractivity contribution >= 4 is 52.1 Å². The first-order valence-electron chi connectivity index (χ1n) is 13.9. The smallest absolute Gasteiger partial charge is 0.230 e. The highest BCUT2D eigenvalue weighted by molar-refractivity contribution is 6.85. The second kappa shape index (κ2) is 15.0. The lowest BCUT2D eigenvalue weighted by molar-refractivity contribution is 0.116. The van der Waals surface area contributed by atoms with Gasteiger partial charge in [-0.25, -0.2) is 0 Å². The van der Waals surface area contributed by atoms with Crippen LogP contribution in [-0.4, -0.2) is 78.0 Å². The molecule has 5 nitrogen and oxygen atoms in total. The maximum absolute atomic E-state index is 6.89. The zero-order valence-electron chi connectivity index (χ0n) is 24.8. The molecule has 0 bridgehead atoms. The number of epoxide rings is 1. The monoisotopic (exact) mass is 593 g/mol. The van der Waals surface area contributed by atoms with Crippen LogP contribution < -0.4 is 0 Å². The highest BCUT2D eigenvalue weighted by Crippen LogP contribution is 2.29. The lowest BCUT2D eigenvalue weighted by atomic mass is 10.4. The number of unbranched alkanes of at least 4 members (excludes halogenated alkanes) is 2. The SMILES string of the molecule is C[Si](C)(CCCC[Si](C)(C)O[Si](C)(C)CCCC[Si](C)(C)O[Si](C)(C)CCCOCC1CO1)O[Si]. The van der Waals surface area contributed by atoms with Crippen molar-refractivity contribution in [2.24, 2.45) is 0 Å². The van der Waals surface area contributed by atoms with Crippen LogP contribution in [0, 0.1) is 0 Å². The molecule has 0 saturated carbocycles. The summed E-state index contributed by atoms with van der Waals surface area (Å²) in [5, 5.41) is 0. The minimum absolute atomic E-state index is 0.369. The predicted molar refractivity (Wildman–Crippen MR) is 164 cm³/mol. The van der Waals surface area contributed by atoms with E-state index in [-0.39, 0.29) is 0 Å². The van der Waals surface area contributed by atoms with Gasteiger partial charge in [0.05, 0.1) is 13.2 Å². The van der Waals surface area contributed by atoms with E-state index in [0.29, 0.717) is 6.10 Å². The van der Waals surface area contributed by atoms with Crippen LogP contribution in [0.5, 0.6) is 0 Å². The summed E-state index contributed by atoms with van der Waals surface area (Å²) in [5.74, 6) is 0. The summed E-state index contributed by atoms with van der Waals surface area (Å²) < 4.78 is 30.2. The highest BCUT2D eigenvalue weighted by atomic mass is 28.4. The van der Waals surface area contributed by atoms with Crippen LogP contribution in [0.1, 0.15) is 32.1 Å². The van der Waals surface area contributed by atoms with E-state index in [9.17, 15) is 0 Å². The zero-order valence-corrected chi connectivity index (χ0v) is 30.8. The molecule has 0 N–H and O–H groups in total. The van der Waals surface area contributed by atoms with E-state index in [1.165, 1.54) is 55.9 Å². The molecule has 0 amide bonds. The number of ether oxygens (including phenoxy) is 2. The van der Waals surface area contributed by atoms with Gasteiger partial charge in [0.25, 0.3) is 0 Å². The summed E-state index contributed by atoms with van der Waals surface area (Å²) >= 11 is 0. The first-order valence-corrected chi connectivity index (χ1v) is 29.9. The van der Waals surface area contributed by atoms with E-state index in [4.69, 9.17) is 21.8 Å². The summed E-state index contributed by atoms with van der Waals surface area (Å²) in [6.45, 7) is 26.4. The van der Waals surface area contributed by atoms with Gasteiger partial charge in [0.2, 0.25) is 10.5 Å². The van der Waals surface area contributed by atoms with E-state index in [0.717, 1.165) is 26.2 Å². The third-order valence-corrected chi connectivity index (χ3v) is 25.6. The molecule has 1 unspecified atom stereocenters. The fourth-order valence-electron chi connectivity index (χ4n) is 4.93. The maximum Gasteiger partial charge on any atom is 0.230 e. The highest BCUT2D eigenvalue weighted by Gasteiger charge is 2.34. The van der Waals surface area contributed by atoms with Crippen LogP contribution in [0.2, 0.25) is 95.7 Å². The average Bonchev–Trinajstić information content (AvgIpc) is 3.51. The van der Waals surface area contributed by atoms with E-state index in [2.05, 4.69) is 76.0 Å². The number of hydrogen-bond acceptors (Lipinski definition) is 5. The fraction of sp³-hybridized carbons (Fsp3) is 1.00. The Kier molecular flexibility index (Phi) is 14.7. The van der Waals surface area contributed by atoms with Crippen molar-refractivity contribution in [1.29, 1.82) is 0 Å². The van der Waals surface area contributed by atoms with Crippen molar-refractivity contribution < 1.29 is 21.8 Å². The van der Waals surface area contributed by atoms with Crippen molar-refractivity contribution in [2.75, 3.05) is 19.8 Å². The zero-order chi connectivity index (χ0) is 26.8. The van der Waals surface area contributed by atoms with Crippen LogP contribution in [-0.2, 0) is 21.8 Å². The Labute approximate surface area is 227 Å². The van der Waals surface area contributed by atoms with Gasteiger partial charge in [0.1, 0.15) is 6.10 Å². The van der Waals surface area contributed by atoms with Gasteiger partial charge in [-0.3, -0.25) is 0 Å². The van der Waals surface area contributed by atoms with E-state index in [1.807, 2.05) is 0 Å². The van der Waals surface area contributed by atoms with Gasteiger partial charge in [0.15, 0.2) is 41.6 Å². The Bertz CT molecular complexity index is 597. The quantitative estimate of drug-likeness (QED) is 0.0783. The summed E-state index contributed by atoms with van der Waals surface area (Å²) in [6.07, 6.45) is 6.57. The van der Waals surface area contributed by atoms with Gasteiger partial charge in [-0.05, 0) is 102 Å². The largest absolute Gasteiger partial charge is 0.457 e. The van der Waals surface area contributed by atoms with Crippen LogP contribution >= 0.6 is 0 Å². The third-order valence-electron chi connectivity index (χ3n) is 6.77. The van der Waals surface area contributed by atoms with Crippen molar-refractivity contribution in [3.63, 3.8) is 0 Å². The fourth-order valence-corrected chi connectivity index (χ4v) is 24.3. The molecule has 1 atom stereocenters. The van der Waals surface area contributed by atoms with Crippen molar-refractivity contribution in [1.82, 2.24) is 0 Å². The summed E-state index contributed by atoms with van der Waals surface area (Å²) in [7, 11) is -4.70. The Hall–Kier alpha value is 1.10. The molecule has 207 valence electrons. The molecule has 1 fully saturated rings. The van der Waals surface area contributed by atoms with E-state index < -0.39 is 41.6 Å². The second-order valence-corrected chi connectivity index (χ2v) is 36.2. The minimum Gasteiger partial charge on any atom is -0.457 e. The molecule has 1 aliphatic rings. The van der Waals surface area contributed by atoms with E-state index >= 15 is 0 Å². The molecule has 0 aromatic carbocycles. The molecule has 3 radical (unpaired) electrons. The predicted octanol–water partition coefficient (Wildman–Crippen LogP) is 7.51. The van der Waals surface area contributed by atoms with Crippen molar-refractivity contribution in [2.45, 2.75) is 134 Å². The number of hydrogen-bond donors (Lipinski definition) is 0. The molecule has 0 spiro atoms. The van der Waals surface area contributed by atoms with Gasteiger partial charge in [-0.2, -0.15) is 0 Å². The molecule has 1 heterocycles. The lowest BCUT2D eigenvalue weighted by Crippen LogP contribution is -2.45. The van der Waals surface area contributed by atoms with Crippen molar-refractivity contribution in [3.8, 4) is 0 Å². The molecule has 1 saturated heterocycles. The van der Waals surface area contributed by atoms with Crippen LogP contribution in [0.25, 0.3) is 0 Å². The molecule has 0 aromatic rings. The van der Waals surface area contributed by atoms with Gasteiger partial charge in [-0.15, -0.1) is 0 Å². The van der Waals surface area contributed by atoms with Gasteiger partial charge in [0, 0.05) is 6.61 Å². The molecule has 1 rings (SSSR count). The van der Waals surface area contributed by atoms with Gasteiger partial charge < -0.3 is 21.8 Å². The number of rotatable bonds is 21.